The molecule has 2 aliphatic rings. The van der Waals surface area contributed by atoms with Gasteiger partial charge >= 0.3 is 0 Å². The number of hydrogen-bond acceptors (Lipinski definition) is 3. The van der Waals surface area contributed by atoms with E-state index in [4.69, 9.17) is 15.2 Å². The topological polar surface area (TPSA) is 44.5 Å². The van der Waals surface area contributed by atoms with Crippen LogP contribution in [0.4, 0.5) is 0 Å². The summed E-state index contributed by atoms with van der Waals surface area (Å²) in [6, 6.07) is 0.331. The summed E-state index contributed by atoms with van der Waals surface area (Å²) in [7, 11) is 0. The molecule has 1 spiro atoms. The number of nitrogens with two attached hydrogens (primary N) is 1. The minimum Gasteiger partial charge on any atom is -0.378 e. The van der Waals surface area contributed by atoms with E-state index in [2.05, 4.69) is 13.8 Å². The van der Waals surface area contributed by atoms with Crippen LogP contribution in [0.15, 0.2) is 0 Å². The highest BCUT2D eigenvalue weighted by molar-refractivity contribution is 4.93. The summed E-state index contributed by atoms with van der Waals surface area (Å²) in [5.41, 5.74) is 6.49. The molecule has 4 atom stereocenters. The van der Waals surface area contributed by atoms with Gasteiger partial charge in [-0.15, -0.1) is 0 Å². The Balaban J connectivity index is 1.87. The van der Waals surface area contributed by atoms with E-state index >= 15 is 0 Å². The minimum atomic E-state index is 0.00497. The predicted octanol–water partition coefficient (Wildman–Crippen LogP) is 2.73. The lowest BCUT2D eigenvalue weighted by molar-refractivity contribution is -0.103. The maximum absolute atomic E-state index is 6.49. The fourth-order valence-corrected chi connectivity index (χ4v) is 3.44. The van der Waals surface area contributed by atoms with Crippen LogP contribution in [0.5, 0.6) is 0 Å². The zero-order valence-electron chi connectivity index (χ0n) is 12.0. The van der Waals surface area contributed by atoms with Crippen molar-refractivity contribution >= 4 is 0 Å². The Morgan fingerprint density at radius 2 is 2.22 bits per heavy atom. The molecule has 0 bridgehead atoms. The third kappa shape index (κ3) is 3.25. The molecular weight excluding hydrogens is 226 g/mol. The van der Waals surface area contributed by atoms with Gasteiger partial charge in [0.25, 0.3) is 0 Å². The fraction of sp³-hybridized carbons (Fsp3) is 1.00. The maximum atomic E-state index is 6.49. The minimum absolute atomic E-state index is 0.00497. The molecule has 0 aromatic carbocycles. The first kappa shape index (κ1) is 14.3. The van der Waals surface area contributed by atoms with Crippen molar-refractivity contribution in [2.45, 2.75) is 64.0 Å². The van der Waals surface area contributed by atoms with Crippen LogP contribution in [0, 0.1) is 11.8 Å². The molecule has 2 N–H and O–H groups in total. The summed E-state index contributed by atoms with van der Waals surface area (Å²) < 4.78 is 11.5. The van der Waals surface area contributed by atoms with Gasteiger partial charge in [-0.3, -0.25) is 0 Å². The van der Waals surface area contributed by atoms with Crippen molar-refractivity contribution in [2.75, 3.05) is 19.8 Å². The SMILES string of the molecule is CCCCC(C)C(N)C1CCOC2(CCOC2)C1. The zero-order chi connectivity index (χ0) is 13.0. The second-order valence-corrected chi connectivity index (χ2v) is 6.28. The Kier molecular flexibility index (Phi) is 5.05. The first-order chi connectivity index (χ1) is 8.67. The molecule has 106 valence electrons. The highest BCUT2D eigenvalue weighted by Crippen LogP contribution is 2.38. The van der Waals surface area contributed by atoms with Gasteiger partial charge in [-0.2, -0.15) is 0 Å². The molecule has 0 amide bonds. The van der Waals surface area contributed by atoms with Crippen molar-refractivity contribution < 1.29 is 9.47 Å². The number of ether oxygens (including phenoxy) is 2. The van der Waals surface area contributed by atoms with Crippen molar-refractivity contribution in [1.29, 1.82) is 0 Å². The Bertz CT molecular complexity index is 251. The summed E-state index contributed by atoms with van der Waals surface area (Å²) in [5, 5.41) is 0. The molecule has 0 radical (unpaired) electrons. The van der Waals surface area contributed by atoms with Crippen LogP contribution in [0.3, 0.4) is 0 Å². The van der Waals surface area contributed by atoms with E-state index in [1.807, 2.05) is 0 Å². The largest absolute Gasteiger partial charge is 0.378 e. The molecule has 18 heavy (non-hydrogen) atoms. The second-order valence-electron chi connectivity index (χ2n) is 6.28. The van der Waals surface area contributed by atoms with Crippen molar-refractivity contribution in [2.24, 2.45) is 17.6 Å². The van der Waals surface area contributed by atoms with Gasteiger partial charge in [0.15, 0.2) is 0 Å². The average Bonchev–Trinajstić information content (AvgIpc) is 2.83. The van der Waals surface area contributed by atoms with Crippen molar-refractivity contribution in [3.05, 3.63) is 0 Å². The Morgan fingerprint density at radius 1 is 1.39 bits per heavy atom. The van der Waals surface area contributed by atoms with Gasteiger partial charge in [-0.1, -0.05) is 26.7 Å². The van der Waals surface area contributed by atoms with E-state index in [9.17, 15) is 0 Å². The van der Waals surface area contributed by atoms with Crippen LogP contribution in [-0.4, -0.2) is 31.5 Å². The lowest BCUT2D eigenvalue weighted by Gasteiger charge is -2.41. The Morgan fingerprint density at radius 3 is 2.89 bits per heavy atom. The molecular formula is C15H29NO2. The Hall–Kier alpha value is -0.120. The molecule has 2 saturated heterocycles. The Labute approximate surface area is 111 Å². The van der Waals surface area contributed by atoms with Gasteiger partial charge in [0.2, 0.25) is 0 Å². The van der Waals surface area contributed by atoms with E-state index in [1.54, 1.807) is 0 Å². The molecule has 0 aromatic rings. The summed E-state index contributed by atoms with van der Waals surface area (Å²) >= 11 is 0. The summed E-state index contributed by atoms with van der Waals surface area (Å²) in [6.07, 6.45) is 7.11. The van der Waals surface area contributed by atoms with Crippen LogP contribution in [-0.2, 0) is 9.47 Å². The highest BCUT2D eigenvalue weighted by Gasteiger charge is 2.42. The zero-order valence-corrected chi connectivity index (χ0v) is 12.0. The molecule has 2 rings (SSSR count). The fourth-order valence-electron chi connectivity index (χ4n) is 3.44. The number of unbranched alkanes of at least 4 members (excludes halogenated alkanes) is 1. The van der Waals surface area contributed by atoms with E-state index in [0.717, 1.165) is 39.1 Å². The number of rotatable bonds is 5. The van der Waals surface area contributed by atoms with Gasteiger partial charge in [-0.25, -0.2) is 0 Å². The molecule has 3 heteroatoms. The van der Waals surface area contributed by atoms with Gasteiger partial charge in [0.1, 0.15) is 0 Å². The van der Waals surface area contributed by atoms with Gasteiger partial charge in [0.05, 0.1) is 12.2 Å². The smallest absolute Gasteiger partial charge is 0.0939 e. The van der Waals surface area contributed by atoms with Gasteiger partial charge < -0.3 is 15.2 Å². The lowest BCUT2D eigenvalue weighted by atomic mass is 9.77. The lowest BCUT2D eigenvalue weighted by Crippen LogP contribution is -2.47. The standard InChI is InChI=1S/C15H29NO2/c1-3-4-5-12(2)14(16)13-6-8-18-15(10-13)7-9-17-11-15/h12-14H,3-11,16H2,1-2H3. The summed E-state index contributed by atoms with van der Waals surface area (Å²) in [4.78, 5) is 0. The van der Waals surface area contributed by atoms with Gasteiger partial charge in [0, 0.05) is 25.7 Å². The van der Waals surface area contributed by atoms with Crippen LogP contribution in [0.25, 0.3) is 0 Å². The molecule has 0 aromatic heterocycles. The van der Waals surface area contributed by atoms with Crippen LogP contribution < -0.4 is 5.73 Å². The average molecular weight is 255 g/mol. The third-order valence-electron chi connectivity index (χ3n) is 4.81. The summed E-state index contributed by atoms with van der Waals surface area (Å²) in [6.45, 7) is 7.06. The maximum Gasteiger partial charge on any atom is 0.0939 e. The molecule has 0 saturated carbocycles. The molecule has 4 unspecified atom stereocenters. The molecule has 2 heterocycles. The van der Waals surface area contributed by atoms with E-state index < -0.39 is 0 Å². The van der Waals surface area contributed by atoms with E-state index in [-0.39, 0.29) is 5.60 Å². The molecule has 2 aliphatic heterocycles. The molecule has 0 aliphatic carbocycles. The third-order valence-corrected chi connectivity index (χ3v) is 4.81. The first-order valence-electron chi connectivity index (χ1n) is 7.64. The quantitative estimate of drug-likeness (QED) is 0.821. The van der Waals surface area contributed by atoms with Crippen LogP contribution in [0.2, 0.25) is 0 Å². The first-order valence-corrected chi connectivity index (χ1v) is 7.64. The van der Waals surface area contributed by atoms with Crippen LogP contribution >= 0.6 is 0 Å². The van der Waals surface area contributed by atoms with Crippen molar-refractivity contribution in [3.63, 3.8) is 0 Å². The van der Waals surface area contributed by atoms with Gasteiger partial charge in [-0.05, 0) is 31.1 Å². The molecule has 3 nitrogen and oxygen atoms in total. The van der Waals surface area contributed by atoms with Crippen molar-refractivity contribution in [1.82, 2.24) is 0 Å². The summed E-state index contributed by atoms with van der Waals surface area (Å²) in [5.74, 6) is 1.25. The number of hydrogen-bond donors (Lipinski definition) is 1. The second kappa shape index (κ2) is 6.36. The highest BCUT2D eigenvalue weighted by atomic mass is 16.6. The normalized spacial score (nSPS) is 35.8. The molecule has 2 fully saturated rings. The predicted molar refractivity (Wildman–Crippen MR) is 73.5 cm³/mol. The van der Waals surface area contributed by atoms with Crippen molar-refractivity contribution in [3.8, 4) is 0 Å². The van der Waals surface area contributed by atoms with E-state index in [1.165, 1.54) is 19.3 Å². The van der Waals surface area contributed by atoms with Crippen LogP contribution in [0.1, 0.15) is 52.4 Å². The van der Waals surface area contributed by atoms with E-state index in [0.29, 0.717) is 17.9 Å². The monoisotopic (exact) mass is 255 g/mol.